The maximum Gasteiger partial charge on any atom is 3.00 e. The molecule has 16 heteroatoms. The minimum Gasteiger partial charge on any atom is -0.793 e. The summed E-state index contributed by atoms with van der Waals surface area (Å²) in [6.07, 6.45) is 7.27. The van der Waals surface area contributed by atoms with Gasteiger partial charge in [-0.15, -0.1) is 0 Å². The minimum absolute atomic E-state index is 0. The molecule has 0 aromatic heterocycles. The molecule has 0 saturated carbocycles. The molecular weight excluding hydrogens is 628 g/mol. The van der Waals surface area contributed by atoms with Crippen molar-refractivity contribution in [2.75, 3.05) is 59.5 Å². The fourth-order valence-electron chi connectivity index (χ4n) is 2.42. The van der Waals surface area contributed by atoms with Gasteiger partial charge in [0.15, 0.2) is 0 Å². The molecule has 0 fully saturated rings. The summed E-state index contributed by atoms with van der Waals surface area (Å²) in [4.78, 5) is 35.6. The molecule has 0 aliphatic rings. The van der Waals surface area contributed by atoms with Crippen LogP contribution in [-0.4, -0.2) is 104 Å². The van der Waals surface area contributed by atoms with Crippen molar-refractivity contribution in [1.82, 2.24) is 0 Å². The van der Waals surface area contributed by atoms with E-state index in [4.69, 9.17) is 39.8 Å². The number of hydrogen-bond acceptors (Lipinski definition) is 12. The third kappa shape index (κ3) is 33.9. The molecule has 0 atom stereocenters. The largest absolute Gasteiger partial charge is 3.00 e. The van der Waals surface area contributed by atoms with Crippen molar-refractivity contribution < 1.29 is 54.2 Å². The van der Waals surface area contributed by atoms with Crippen LogP contribution >= 0.6 is 0 Å². The molecule has 0 bridgehead atoms. The van der Waals surface area contributed by atoms with E-state index in [0.29, 0.717) is 59.5 Å². The van der Waals surface area contributed by atoms with Gasteiger partial charge in [0.1, 0.15) is 0 Å². The molecule has 43 heavy (non-hydrogen) atoms. The molecule has 0 aliphatic heterocycles. The van der Waals surface area contributed by atoms with Gasteiger partial charge in [-0.1, -0.05) is 62.3 Å². The summed E-state index contributed by atoms with van der Waals surface area (Å²) in [6, 6.07) is 0. The van der Waals surface area contributed by atoms with Crippen molar-refractivity contribution in [3.63, 3.8) is 0 Å². The van der Waals surface area contributed by atoms with Crippen molar-refractivity contribution in [3.8, 4) is 0 Å². The summed E-state index contributed by atoms with van der Waals surface area (Å²) in [5, 5.41) is 0. The SMILES string of the molecule is CCCO[Si]([O-])(OCCC)OCCC.CCCO[Si]([O-])(OCCC)OCCC.CCCO[Si]([O-])(OCCC)OCCC.[Al+3]. The first kappa shape index (κ1) is 50.6. The van der Waals surface area contributed by atoms with Gasteiger partial charge in [0.05, 0.1) is 0 Å². The van der Waals surface area contributed by atoms with Crippen LogP contribution in [0.2, 0.25) is 0 Å². The van der Waals surface area contributed by atoms with Crippen LogP contribution in [0.3, 0.4) is 0 Å². The van der Waals surface area contributed by atoms with Gasteiger partial charge in [0.2, 0.25) is 0 Å². The Morgan fingerprint density at radius 2 is 0.372 bits per heavy atom. The first-order chi connectivity index (χ1) is 20.0. The Balaban J connectivity index is -0.000000262. The van der Waals surface area contributed by atoms with Crippen LogP contribution in [0.4, 0.5) is 0 Å². The van der Waals surface area contributed by atoms with Gasteiger partial charge in [0, 0.05) is 59.5 Å². The zero-order valence-electron chi connectivity index (χ0n) is 28.7. The molecule has 0 aromatic rings. The van der Waals surface area contributed by atoms with Gasteiger partial charge < -0.3 is 54.2 Å². The predicted octanol–water partition coefficient (Wildman–Crippen LogP) is 2.81. The molecule has 0 spiro atoms. The van der Waals surface area contributed by atoms with Crippen LogP contribution in [0.5, 0.6) is 0 Å². The summed E-state index contributed by atoms with van der Waals surface area (Å²) in [6.45, 7) is 21.4. The van der Waals surface area contributed by atoms with Crippen LogP contribution in [-0.2, 0) is 39.8 Å². The van der Waals surface area contributed by atoms with Gasteiger partial charge >= 0.3 is 44.5 Å². The van der Waals surface area contributed by atoms with E-state index in [2.05, 4.69) is 0 Å². The Kier molecular flexibility index (Phi) is 41.8. The van der Waals surface area contributed by atoms with Gasteiger partial charge in [-0.25, -0.2) is 0 Å². The number of hydrogen-bond donors (Lipinski definition) is 0. The van der Waals surface area contributed by atoms with Gasteiger partial charge in [-0.3, -0.25) is 0 Å². The van der Waals surface area contributed by atoms with Crippen LogP contribution < -0.4 is 14.4 Å². The Bertz CT molecular complexity index is 409. The average Bonchev–Trinajstić information content (AvgIpc) is 3.00. The van der Waals surface area contributed by atoms with E-state index in [1.54, 1.807) is 0 Å². The molecule has 0 amide bonds. The zero-order chi connectivity index (χ0) is 32.6. The summed E-state index contributed by atoms with van der Waals surface area (Å²) in [5.74, 6) is 0. The van der Waals surface area contributed by atoms with Gasteiger partial charge in [-0.05, 0) is 57.8 Å². The molecule has 0 aliphatic carbocycles. The quantitative estimate of drug-likeness (QED) is 0.117. The standard InChI is InChI=1S/3C9H21O4Si.Al/c3*1-4-7-11-14(10,12-8-5-2)13-9-6-3;/h3*4-9H2,1-3H3;/q3*-1;+3. The fraction of sp³-hybridized carbons (Fsp3) is 1.00. The normalized spacial score (nSPS) is 11.7. The monoisotopic (exact) mass is 690 g/mol. The molecular formula is C27H63AlO12Si3. The second kappa shape index (κ2) is 35.6. The minimum atomic E-state index is -3.56. The van der Waals surface area contributed by atoms with Crippen LogP contribution in [0.15, 0.2) is 0 Å². The molecule has 0 aromatic carbocycles. The first-order valence-electron chi connectivity index (χ1n) is 15.9. The topological polar surface area (TPSA) is 152 Å². The second-order valence-electron chi connectivity index (χ2n) is 9.14. The van der Waals surface area contributed by atoms with Gasteiger partial charge in [-0.2, -0.15) is 0 Å². The second-order valence-corrected chi connectivity index (χ2v) is 14.7. The van der Waals surface area contributed by atoms with E-state index in [1.807, 2.05) is 62.3 Å². The van der Waals surface area contributed by atoms with Crippen molar-refractivity contribution in [1.29, 1.82) is 0 Å². The number of rotatable bonds is 27. The zero-order valence-corrected chi connectivity index (χ0v) is 32.9. The summed E-state index contributed by atoms with van der Waals surface area (Å²) in [5.41, 5.74) is 0. The van der Waals surface area contributed by atoms with E-state index >= 15 is 0 Å². The van der Waals surface area contributed by atoms with Crippen molar-refractivity contribution in [2.45, 2.75) is 120 Å². The average molecular weight is 691 g/mol. The molecule has 0 saturated heterocycles. The molecule has 0 rings (SSSR count). The third-order valence-corrected chi connectivity index (χ3v) is 9.37. The van der Waals surface area contributed by atoms with Gasteiger partial charge in [0.25, 0.3) is 0 Å². The predicted molar refractivity (Wildman–Crippen MR) is 169 cm³/mol. The molecule has 0 radical (unpaired) electrons. The maximum atomic E-state index is 11.9. The van der Waals surface area contributed by atoms with Crippen LogP contribution in [0, 0.1) is 0 Å². The molecule has 12 nitrogen and oxygen atoms in total. The summed E-state index contributed by atoms with van der Waals surface area (Å²) < 4.78 is 46.1. The Morgan fingerprint density at radius 3 is 0.442 bits per heavy atom. The summed E-state index contributed by atoms with van der Waals surface area (Å²) in [7, 11) is -10.7. The van der Waals surface area contributed by atoms with E-state index in [0.717, 1.165) is 57.8 Å². The Hall–Kier alpha value is 0.703. The van der Waals surface area contributed by atoms with E-state index in [9.17, 15) is 14.4 Å². The van der Waals surface area contributed by atoms with Crippen molar-refractivity contribution in [3.05, 3.63) is 0 Å². The smallest absolute Gasteiger partial charge is 0.793 e. The third-order valence-electron chi connectivity index (χ3n) is 4.35. The van der Waals surface area contributed by atoms with Crippen molar-refractivity contribution in [2.24, 2.45) is 0 Å². The Labute approximate surface area is 277 Å². The maximum absolute atomic E-state index is 11.9. The first-order valence-corrected chi connectivity index (χ1v) is 20.8. The van der Waals surface area contributed by atoms with E-state index < -0.39 is 27.1 Å². The summed E-state index contributed by atoms with van der Waals surface area (Å²) >= 11 is 0. The molecule has 258 valence electrons. The van der Waals surface area contributed by atoms with Crippen molar-refractivity contribution >= 4 is 44.5 Å². The van der Waals surface area contributed by atoms with Crippen LogP contribution in [0.1, 0.15) is 120 Å². The Morgan fingerprint density at radius 1 is 0.279 bits per heavy atom. The van der Waals surface area contributed by atoms with Crippen LogP contribution in [0.25, 0.3) is 0 Å². The van der Waals surface area contributed by atoms with E-state index in [1.165, 1.54) is 0 Å². The molecule has 0 N–H and O–H groups in total. The fourth-order valence-corrected chi connectivity index (χ4v) is 7.26. The molecule has 0 heterocycles. The molecule has 0 unspecified atom stereocenters. The van der Waals surface area contributed by atoms with E-state index in [-0.39, 0.29) is 17.4 Å².